The van der Waals surface area contributed by atoms with E-state index in [1.54, 1.807) is 0 Å². The summed E-state index contributed by atoms with van der Waals surface area (Å²) < 4.78 is 50.3. The van der Waals surface area contributed by atoms with Crippen LogP contribution >= 0.6 is 0 Å². The Hall–Kier alpha value is -3.70. The van der Waals surface area contributed by atoms with Crippen LogP contribution in [0.5, 0.6) is 5.88 Å². The lowest BCUT2D eigenvalue weighted by Crippen LogP contribution is -2.47. The molecule has 2 aliphatic rings. The molecule has 0 aliphatic carbocycles. The standard InChI is InChI=1S/C28H30F3N5O3/c1-14-8-16(32)13-36(12-14)25-17-6-7-39-27(17)33-11-22(25)35-26(37)21-5-4-18(29)24(34-21)23-19(30)9-15(10-20(23)31)28(2,3)38/h4-5,9-11,14,16,38H,6-8,12-13,32H2,1-3H3,(H,35,37). The molecule has 2 aliphatic heterocycles. The number of hydrogen-bond acceptors (Lipinski definition) is 7. The topological polar surface area (TPSA) is 114 Å². The predicted molar refractivity (Wildman–Crippen MR) is 140 cm³/mol. The van der Waals surface area contributed by atoms with Gasteiger partial charge in [-0.3, -0.25) is 4.79 Å². The Balaban J connectivity index is 1.50. The molecule has 1 amide bonds. The number of anilines is 2. The molecular formula is C28H30F3N5O3. The van der Waals surface area contributed by atoms with Gasteiger partial charge in [-0.25, -0.2) is 23.1 Å². The molecular weight excluding hydrogens is 511 g/mol. The summed E-state index contributed by atoms with van der Waals surface area (Å²) in [6.45, 7) is 6.63. The first-order chi connectivity index (χ1) is 18.4. The number of hydrogen-bond donors (Lipinski definition) is 3. The monoisotopic (exact) mass is 541 g/mol. The van der Waals surface area contributed by atoms with Crippen LogP contribution in [0.4, 0.5) is 24.5 Å². The Morgan fingerprint density at radius 3 is 2.56 bits per heavy atom. The molecule has 4 heterocycles. The van der Waals surface area contributed by atoms with E-state index in [2.05, 4.69) is 27.1 Å². The normalized spacial score (nSPS) is 19.0. The molecule has 2 aromatic heterocycles. The average Bonchev–Trinajstić information content (AvgIpc) is 3.32. The molecule has 4 N–H and O–H groups in total. The number of benzene rings is 1. The lowest BCUT2D eigenvalue weighted by molar-refractivity contribution is 0.0778. The van der Waals surface area contributed by atoms with Gasteiger partial charge >= 0.3 is 0 Å². The highest BCUT2D eigenvalue weighted by Crippen LogP contribution is 2.40. The van der Waals surface area contributed by atoms with E-state index >= 15 is 0 Å². The second kappa shape index (κ2) is 10.1. The van der Waals surface area contributed by atoms with Crippen molar-refractivity contribution in [1.29, 1.82) is 0 Å². The van der Waals surface area contributed by atoms with Gasteiger partial charge in [-0.05, 0) is 56.0 Å². The number of aliphatic hydroxyl groups is 1. The molecule has 5 rings (SSSR count). The number of nitrogens with one attached hydrogen (secondary N) is 1. The number of rotatable bonds is 5. The largest absolute Gasteiger partial charge is 0.477 e. The Bertz CT molecular complexity index is 1410. The molecule has 3 aromatic rings. The van der Waals surface area contributed by atoms with Gasteiger partial charge in [0.25, 0.3) is 5.91 Å². The molecule has 206 valence electrons. The summed E-state index contributed by atoms with van der Waals surface area (Å²) in [5, 5.41) is 12.9. The Morgan fingerprint density at radius 2 is 1.90 bits per heavy atom. The smallest absolute Gasteiger partial charge is 0.274 e. The molecule has 2 atom stereocenters. The van der Waals surface area contributed by atoms with Crippen molar-refractivity contribution in [3.63, 3.8) is 0 Å². The number of halogens is 3. The Morgan fingerprint density at radius 1 is 1.18 bits per heavy atom. The third-order valence-corrected chi connectivity index (χ3v) is 7.02. The molecule has 11 heteroatoms. The van der Waals surface area contributed by atoms with E-state index in [1.807, 2.05) is 0 Å². The molecule has 1 aromatic carbocycles. The van der Waals surface area contributed by atoms with Crippen molar-refractivity contribution >= 4 is 17.3 Å². The molecule has 0 radical (unpaired) electrons. The fourth-order valence-electron chi connectivity index (χ4n) is 5.24. The van der Waals surface area contributed by atoms with E-state index < -0.39 is 40.2 Å². The fraction of sp³-hybridized carbons (Fsp3) is 0.393. The third-order valence-electron chi connectivity index (χ3n) is 7.02. The minimum absolute atomic E-state index is 0.0251. The number of amides is 1. The minimum Gasteiger partial charge on any atom is -0.477 e. The highest BCUT2D eigenvalue weighted by atomic mass is 19.1. The van der Waals surface area contributed by atoms with Crippen LogP contribution in [-0.4, -0.2) is 46.7 Å². The van der Waals surface area contributed by atoms with Crippen molar-refractivity contribution in [2.24, 2.45) is 11.7 Å². The van der Waals surface area contributed by atoms with Crippen LogP contribution in [0.2, 0.25) is 0 Å². The average molecular weight is 542 g/mol. The first-order valence-electron chi connectivity index (χ1n) is 12.8. The van der Waals surface area contributed by atoms with Crippen LogP contribution in [0, 0.1) is 23.4 Å². The Kier molecular flexibility index (Phi) is 6.98. The summed E-state index contributed by atoms with van der Waals surface area (Å²) in [5.41, 5.74) is 5.13. The summed E-state index contributed by atoms with van der Waals surface area (Å²) in [6.07, 6.45) is 2.98. The number of nitrogens with two attached hydrogens (primary N) is 1. The van der Waals surface area contributed by atoms with Crippen LogP contribution < -0.4 is 20.7 Å². The van der Waals surface area contributed by atoms with Gasteiger partial charge in [-0.15, -0.1) is 0 Å². The number of ether oxygens (including phenoxy) is 1. The SMILES string of the molecule is CC1CC(N)CN(c2c(NC(=O)c3ccc(F)c(-c4c(F)cc(C(C)(C)O)cc4F)n3)cnc3c2CCO3)C1. The molecule has 2 unspecified atom stereocenters. The van der Waals surface area contributed by atoms with Crippen molar-refractivity contribution in [2.75, 3.05) is 29.9 Å². The number of carbonyl (C=O) groups excluding carboxylic acids is 1. The molecule has 0 bridgehead atoms. The zero-order valence-electron chi connectivity index (χ0n) is 21.9. The maximum absolute atomic E-state index is 14.9. The summed E-state index contributed by atoms with van der Waals surface area (Å²) in [7, 11) is 0. The van der Waals surface area contributed by atoms with Crippen LogP contribution in [0.15, 0.2) is 30.5 Å². The van der Waals surface area contributed by atoms with Crippen molar-refractivity contribution in [3.8, 4) is 17.1 Å². The number of pyridine rings is 2. The van der Waals surface area contributed by atoms with Crippen molar-refractivity contribution < 1.29 is 27.8 Å². The van der Waals surface area contributed by atoms with Crippen LogP contribution in [0.25, 0.3) is 11.3 Å². The van der Waals surface area contributed by atoms with Crippen molar-refractivity contribution in [3.05, 3.63) is 64.7 Å². The first kappa shape index (κ1) is 26.9. The van der Waals surface area contributed by atoms with Crippen molar-refractivity contribution in [1.82, 2.24) is 9.97 Å². The summed E-state index contributed by atoms with van der Waals surface area (Å²) in [5.74, 6) is -3.11. The minimum atomic E-state index is -1.52. The lowest BCUT2D eigenvalue weighted by atomic mass is 9.95. The van der Waals surface area contributed by atoms with Gasteiger partial charge in [0.15, 0.2) is 0 Å². The van der Waals surface area contributed by atoms with E-state index in [0.29, 0.717) is 37.1 Å². The second-order valence-corrected chi connectivity index (χ2v) is 10.8. The van der Waals surface area contributed by atoms with E-state index in [9.17, 15) is 23.1 Å². The van der Waals surface area contributed by atoms with E-state index in [4.69, 9.17) is 10.5 Å². The highest BCUT2D eigenvalue weighted by molar-refractivity contribution is 6.05. The van der Waals surface area contributed by atoms with E-state index in [1.165, 1.54) is 20.0 Å². The molecule has 1 fully saturated rings. The summed E-state index contributed by atoms with van der Waals surface area (Å²) >= 11 is 0. The number of carbonyl (C=O) groups is 1. The Labute approximate surface area is 224 Å². The highest BCUT2D eigenvalue weighted by Gasteiger charge is 2.31. The number of aromatic nitrogens is 2. The number of piperidine rings is 1. The third kappa shape index (κ3) is 5.28. The van der Waals surface area contributed by atoms with Gasteiger partial charge in [-0.2, -0.15) is 0 Å². The van der Waals surface area contributed by atoms with E-state index in [0.717, 1.165) is 48.5 Å². The molecule has 1 saturated heterocycles. The van der Waals surface area contributed by atoms with Crippen LogP contribution in [-0.2, 0) is 12.0 Å². The first-order valence-corrected chi connectivity index (χ1v) is 12.8. The molecule has 0 saturated carbocycles. The number of fused-ring (bicyclic) bond motifs is 1. The molecule has 39 heavy (non-hydrogen) atoms. The van der Waals surface area contributed by atoms with Crippen LogP contribution in [0.1, 0.15) is 48.8 Å². The quantitative estimate of drug-likeness (QED) is 0.445. The van der Waals surface area contributed by atoms with Crippen LogP contribution in [0.3, 0.4) is 0 Å². The summed E-state index contributed by atoms with van der Waals surface area (Å²) in [4.78, 5) is 23.7. The predicted octanol–water partition coefficient (Wildman–Crippen LogP) is 4.15. The zero-order chi connectivity index (χ0) is 28.1. The lowest BCUT2D eigenvalue weighted by Gasteiger charge is -2.38. The maximum Gasteiger partial charge on any atom is 0.274 e. The number of nitrogens with zero attached hydrogens (tertiary/aromatic N) is 3. The second-order valence-electron chi connectivity index (χ2n) is 10.8. The van der Waals surface area contributed by atoms with Gasteiger partial charge in [-0.1, -0.05) is 6.92 Å². The van der Waals surface area contributed by atoms with Crippen molar-refractivity contribution in [2.45, 2.75) is 45.3 Å². The fourth-order valence-corrected chi connectivity index (χ4v) is 5.24. The van der Waals surface area contributed by atoms with E-state index in [-0.39, 0.29) is 17.3 Å². The van der Waals surface area contributed by atoms with Gasteiger partial charge in [0.2, 0.25) is 5.88 Å². The zero-order valence-corrected chi connectivity index (χ0v) is 21.9. The maximum atomic E-state index is 14.9. The van der Waals surface area contributed by atoms with Gasteiger partial charge in [0.1, 0.15) is 28.8 Å². The van der Waals surface area contributed by atoms with Gasteiger partial charge in [0.05, 0.1) is 35.3 Å². The molecule has 0 spiro atoms. The van der Waals surface area contributed by atoms with Gasteiger partial charge in [0, 0.05) is 31.1 Å². The van der Waals surface area contributed by atoms with Gasteiger partial charge < -0.3 is 25.8 Å². The summed E-state index contributed by atoms with van der Waals surface area (Å²) in [6, 6.07) is 3.86. The molecule has 8 nitrogen and oxygen atoms in total.